The van der Waals surface area contributed by atoms with Gasteiger partial charge >= 0.3 is 0 Å². The van der Waals surface area contributed by atoms with Gasteiger partial charge < -0.3 is 4.90 Å². The first kappa shape index (κ1) is 15.1. The van der Waals surface area contributed by atoms with E-state index in [4.69, 9.17) is 0 Å². The molecule has 2 aromatic heterocycles. The lowest BCUT2D eigenvalue weighted by molar-refractivity contribution is 0.0700. The third kappa shape index (κ3) is 3.02. The van der Waals surface area contributed by atoms with E-state index in [9.17, 15) is 4.79 Å². The summed E-state index contributed by atoms with van der Waals surface area (Å²) in [6, 6.07) is 1.69. The molecule has 1 amide bonds. The zero-order valence-corrected chi connectivity index (χ0v) is 14.0. The number of aromatic nitrogens is 3. The number of likely N-dealkylation sites (tertiary alicyclic amines) is 1. The molecule has 1 aliphatic heterocycles. The highest BCUT2D eigenvalue weighted by Gasteiger charge is 2.28. The molecular weight excluding hydrogens is 296 g/mol. The number of aryl methyl sites for hydroxylation is 3. The standard InChI is InChI=1S/C16H20N4OS/c1-10-11(2)22-15(18-10)13-5-4-8-20(9-13)16(21)14-6-7-17-12(3)19-14/h6-7,13H,4-5,8-9H2,1-3H3/t13-/m0/s1. The maximum atomic E-state index is 12.6. The van der Waals surface area contributed by atoms with Crippen LogP contribution in [-0.4, -0.2) is 38.8 Å². The molecule has 1 aliphatic rings. The third-order valence-corrected chi connectivity index (χ3v) is 5.33. The van der Waals surface area contributed by atoms with Crippen molar-refractivity contribution in [3.05, 3.63) is 39.4 Å². The van der Waals surface area contributed by atoms with Crippen LogP contribution in [0.1, 0.15) is 50.7 Å². The van der Waals surface area contributed by atoms with E-state index in [0.717, 1.165) is 36.6 Å². The summed E-state index contributed by atoms with van der Waals surface area (Å²) < 4.78 is 0. The highest BCUT2D eigenvalue weighted by Crippen LogP contribution is 2.31. The molecule has 3 heterocycles. The predicted molar refractivity (Wildman–Crippen MR) is 86.2 cm³/mol. The Bertz CT molecular complexity index is 678. The van der Waals surface area contributed by atoms with E-state index in [1.807, 2.05) is 11.8 Å². The fourth-order valence-corrected chi connectivity index (χ4v) is 3.82. The average molecular weight is 316 g/mol. The molecule has 1 atom stereocenters. The molecule has 5 nitrogen and oxygen atoms in total. The molecule has 0 spiro atoms. The summed E-state index contributed by atoms with van der Waals surface area (Å²) in [5, 5.41) is 1.16. The van der Waals surface area contributed by atoms with Gasteiger partial charge in [-0.05, 0) is 39.7 Å². The molecule has 116 valence electrons. The van der Waals surface area contributed by atoms with Gasteiger partial charge in [-0.15, -0.1) is 11.3 Å². The van der Waals surface area contributed by atoms with Crippen LogP contribution in [0.3, 0.4) is 0 Å². The number of rotatable bonds is 2. The van der Waals surface area contributed by atoms with Crippen molar-refractivity contribution in [3.63, 3.8) is 0 Å². The smallest absolute Gasteiger partial charge is 0.272 e. The molecule has 0 unspecified atom stereocenters. The molecule has 1 saturated heterocycles. The van der Waals surface area contributed by atoms with Crippen molar-refractivity contribution < 1.29 is 4.79 Å². The Balaban J connectivity index is 1.76. The summed E-state index contributed by atoms with van der Waals surface area (Å²) in [4.78, 5) is 28.8. The van der Waals surface area contributed by atoms with Crippen molar-refractivity contribution in [3.8, 4) is 0 Å². The monoisotopic (exact) mass is 316 g/mol. The summed E-state index contributed by atoms with van der Waals surface area (Å²) in [5.74, 6) is 0.976. The van der Waals surface area contributed by atoms with E-state index in [-0.39, 0.29) is 5.91 Å². The van der Waals surface area contributed by atoms with Gasteiger partial charge in [0.1, 0.15) is 11.5 Å². The molecule has 0 aromatic carbocycles. The molecule has 0 radical (unpaired) electrons. The first-order chi connectivity index (χ1) is 10.5. The highest BCUT2D eigenvalue weighted by atomic mass is 32.1. The molecule has 1 fully saturated rings. The fraction of sp³-hybridized carbons (Fsp3) is 0.500. The van der Waals surface area contributed by atoms with Gasteiger partial charge in [0.2, 0.25) is 0 Å². The van der Waals surface area contributed by atoms with E-state index < -0.39 is 0 Å². The van der Waals surface area contributed by atoms with Gasteiger partial charge in [-0.1, -0.05) is 0 Å². The van der Waals surface area contributed by atoms with E-state index in [2.05, 4.69) is 21.9 Å². The minimum Gasteiger partial charge on any atom is -0.337 e. The summed E-state index contributed by atoms with van der Waals surface area (Å²) in [6.07, 6.45) is 3.75. The summed E-state index contributed by atoms with van der Waals surface area (Å²) >= 11 is 1.76. The second kappa shape index (κ2) is 6.12. The van der Waals surface area contributed by atoms with Gasteiger partial charge in [-0.3, -0.25) is 4.79 Å². The molecule has 0 saturated carbocycles. The van der Waals surface area contributed by atoms with Gasteiger partial charge in [0.05, 0.1) is 10.7 Å². The lowest BCUT2D eigenvalue weighted by atomic mass is 9.98. The normalized spacial score (nSPS) is 18.5. The van der Waals surface area contributed by atoms with Crippen LogP contribution < -0.4 is 0 Å². The minimum atomic E-state index is 0.000185. The Morgan fingerprint density at radius 3 is 2.82 bits per heavy atom. The van der Waals surface area contributed by atoms with Crippen molar-refractivity contribution in [1.29, 1.82) is 0 Å². The Morgan fingerprint density at radius 1 is 1.32 bits per heavy atom. The van der Waals surface area contributed by atoms with Crippen molar-refractivity contribution in [2.45, 2.75) is 39.5 Å². The van der Waals surface area contributed by atoms with Crippen LogP contribution in [0.2, 0.25) is 0 Å². The number of carbonyl (C=O) groups is 1. The Morgan fingerprint density at radius 2 is 2.14 bits per heavy atom. The largest absolute Gasteiger partial charge is 0.337 e. The lowest BCUT2D eigenvalue weighted by Crippen LogP contribution is -2.39. The molecule has 2 aromatic rings. The first-order valence-corrected chi connectivity index (χ1v) is 8.39. The average Bonchev–Trinajstić information content (AvgIpc) is 2.86. The van der Waals surface area contributed by atoms with E-state index in [1.54, 1.807) is 30.5 Å². The summed E-state index contributed by atoms with van der Waals surface area (Å²) in [5.41, 5.74) is 1.59. The van der Waals surface area contributed by atoms with E-state index in [1.165, 1.54) is 4.88 Å². The van der Waals surface area contributed by atoms with Crippen LogP contribution in [0.5, 0.6) is 0 Å². The fourth-order valence-electron chi connectivity index (χ4n) is 2.77. The van der Waals surface area contributed by atoms with Crippen molar-refractivity contribution in [1.82, 2.24) is 19.9 Å². The van der Waals surface area contributed by atoms with Crippen molar-refractivity contribution in [2.75, 3.05) is 13.1 Å². The second-order valence-electron chi connectivity index (χ2n) is 5.77. The maximum Gasteiger partial charge on any atom is 0.272 e. The molecule has 6 heteroatoms. The Labute approximate surface area is 134 Å². The summed E-state index contributed by atoms with van der Waals surface area (Å²) in [6.45, 7) is 7.48. The van der Waals surface area contributed by atoms with Crippen LogP contribution in [-0.2, 0) is 0 Å². The molecular formula is C16H20N4OS. The zero-order chi connectivity index (χ0) is 15.7. The number of thiazole rings is 1. The minimum absolute atomic E-state index is 0.000185. The molecule has 3 rings (SSSR count). The number of carbonyl (C=O) groups excluding carboxylic acids is 1. The van der Waals surface area contributed by atoms with Crippen LogP contribution in [0, 0.1) is 20.8 Å². The molecule has 0 N–H and O–H groups in total. The number of piperidine rings is 1. The van der Waals surface area contributed by atoms with E-state index >= 15 is 0 Å². The maximum absolute atomic E-state index is 12.6. The van der Waals surface area contributed by atoms with E-state index in [0.29, 0.717) is 17.4 Å². The van der Waals surface area contributed by atoms with Gasteiger partial charge in [0.25, 0.3) is 5.91 Å². The lowest BCUT2D eigenvalue weighted by Gasteiger charge is -2.31. The second-order valence-corrected chi connectivity index (χ2v) is 7.01. The SMILES string of the molecule is Cc1nccc(C(=O)N2CCC[C@H](c3nc(C)c(C)s3)C2)n1. The van der Waals surface area contributed by atoms with Gasteiger partial charge in [0.15, 0.2) is 0 Å². The molecule has 22 heavy (non-hydrogen) atoms. The molecule has 0 bridgehead atoms. The number of hydrogen-bond donors (Lipinski definition) is 0. The zero-order valence-electron chi connectivity index (χ0n) is 13.2. The number of amides is 1. The van der Waals surface area contributed by atoms with Gasteiger partial charge in [0, 0.05) is 30.1 Å². The van der Waals surface area contributed by atoms with Crippen LogP contribution in [0.15, 0.2) is 12.3 Å². The number of nitrogens with zero attached hydrogens (tertiary/aromatic N) is 4. The quantitative estimate of drug-likeness (QED) is 0.855. The van der Waals surface area contributed by atoms with Crippen molar-refractivity contribution in [2.24, 2.45) is 0 Å². The highest BCUT2D eigenvalue weighted by molar-refractivity contribution is 7.11. The first-order valence-electron chi connectivity index (χ1n) is 7.57. The van der Waals surface area contributed by atoms with Crippen LogP contribution >= 0.6 is 11.3 Å². The van der Waals surface area contributed by atoms with Gasteiger partial charge in [-0.25, -0.2) is 15.0 Å². The van der Waals surface area contributed by atoms with Crippen molar-refractivity contribution >= 4 is 17.2 Å². The van der Waals surface area contributed by atoms with Crippen LogP contribution in [0.25, 0.3) is 0 Å². The summed E-state index contributed by atoms with van der Waals surface area (Å²) in [7, 11) is 0. The van der Waals surface area contributed by atoms with Crippen LogP contribution in [0.4, 0.5) is 0 Å². The van der Waals surface area contributed by atoms with Gasteiger partial charge in [-0.2, -0.15) is 0 Å². The molecule has 0 aliphatic carbocycles. The third-order valence-electron chi connectivity index (χ3n) is 4.10. The predicted octanol–water partition coefficient (Wildman–Crippen LogP) is 2.88. The Hall–Kier alpha value is -1.82. The number of hydrogen-bond acceptors (Lipinski definition) is 5. The Kier molecular flexibility index (Phi) is 4.20. The topological polar surface area (TPSA) is 59.0 Å².